The van der Waals surface area contributed by atoms with E-state index >= 15 is 0 Å². The third-order valence-electron chi connectivity index (χ3n) is 6.54. The maximum atomic E-state index is 12.3. The number of nitrogen functional groups attached to an aromatic ring is 1. The summed E-state index contributed by atoms with van der Waals surface area (Å²) in [7, 11) is 0. The number of carbonyl (C=O) groups excluding carboxylic acids is 2. The molecule has 4 aromatic rings. The van der Waals surface area contributed by atoms with Crippen molar-refractivity contribution in [2.75, 3.05) is 5.73 Å². The highest BCUT2D eigenvalue weighted by atomic mass is 16.3. The minimum absolute atomic E-state index is 0.161. The van der Waals surface area contributed by atoms with E-state index in [-0.39, 0.29) is 34.3 Å². The number of anilines is 1. The van der Waals surface area contributed by atoms with Crippen LogP contribution in [0.25, 0.3) is 10.8 Å². The number of nitriles is 1. The van der Waals surface area contributed by atoms with Crippen LogP contribution in [0.2, 0.25) is 0 Å². The summed E-state index contributed by atoms with van der Waals surface area (Å²) in [6, 6.07) is 15.6. The summed E-state index contributed by atoms with van der Waals surface area (Å²) in [5.41, 5.74) is 11.5. The van der Waals surface area contributed by atoms with Crippen molar-refractivity contribution in [1.82, 2.24) is 0 Å². The first-order valence-corrected chi connectivity index (χ1v) is 12.0. The van der Waals surface area contributed by atoms with Crippen LogP contribution in [0.15, 0.2) is 81.1 Å². The molecule has 3 N–H and O–H groups in total. The van der Waals surface area contributed by atoms with Crippen LogP contribution in [-0.4, -0.2) is 16.7 Å². The van der Waals surface area contributed by atoms with E-state index in [1.54, 1.807) is 44.2 Å². The summed E-state index contributed by atoms with van der Waals surface area (Å²) in [6.45, 7) is 5.41. The predicted molar refractivity (Wildman–Crippen MR) is 148 cm³/mol. The number of aryl methyl sites for hydroxylation is 3. The van der Waals surface area contributed by atoms with E-state index in [0.717, 1.165) is 5.56 Å². The summed E-state index contributed by atoms with van der Waals surface area (Å²) >= 11 is 0. The summed E-state index contributed by atoms with van der Waals surface area (Å²) < 4.78 is 0. The van der Waals surface area contributed by atoms with Crippen LogP contribution in [0.4, 0.5) is 28.4 Å². The fourth-order valence-electron chi connectivity index (χ4n) is 4.46. The molecule has 0 saturated heterocycles. The summed E-state index contributed by atoms with van der Waals surface area (Å²) in [4.78, 5) is 24.5. The van der Waals surface area contributed by atoms with Gasteiger partial charge in [-0.1, -0.05) is 0 Å². The predicted octanol–water partition coefficient (Wildman–Crippen LogP) is 7.69. The van der Waals surface area contributed by atoms with E-state index in [4.69, 9.17) is 11.0 Å². The van der Waals surface area contributed by atoms with E-state index < -0.39 is 0 Å². The number of hydrogen-bond acceptors (Lipinski definition) is 9. The van der Waals surface area contributed by atoms with Gasteiger partial charge in [0.1, 0.15) is 11.4 Å². The lowest BCUT2D eigenvalue weighted by Crippen LogP contribution is -2.11. The quantitative estimate of drug-likeness (QED) is 0.211. The third-order valence-corrected chi connectivity index (χ3v) is 6.54. The molecule has 0 unspecified atom stereocenters. The second-order valence-electron chi connectivity index (χ2n) is 9.25. The standard InChI is InChI=1S/C30H22N6O3/c1-15-12-21-22(25(38)9-8-24(21)37)13-23(15)34-36-29-17(3)11-19-10-16(2)28(27(32)26(19)30(29)39)35-33-20-6-4-18(14-31)5-7-20/h4-13,39H,32H2,1-3H3. The van der Waals surface area contributed by atoms with Gasteiger partial charge in [-0.15, -0.1) is 10.2 Å². The summed E-state index contributed by atoms with van der Waals surface area (Å²) in [5, 5.41) is 38.5. The number of nitrogens with two attached hydrogens (primary N) is 1. The van der Waals surface area contributed by atoms with Crippen LogP contribution >= 0.6 is 0 Å². The second-order valence-corrected chi connectivity index (χ2v) is 9.25. The van der Waals surface area contributed by atoms with Gasteiger partial charge in [-0.3, -0.25) is 9.59 Å². The zero-order valence-electron chi connectivity index (χ0n) is 21.4. The normalized spacial score (nSPS) is 13.0. The summed E-state index contributed by atoms with van der Waals surface area (Å²) in [6.07, 6.45) is 2.49. The number of benzene rings is 4. The van der Waals surface area contributed by atoms with E-state index in [1.807, 2.05) is 19.1 Å². The highest BCUT2D eigenvalue weighted by Crippen LogP contribution is 2.46. The zero-order chi connectivity index (χ0) is 27.8. The average molecular weight is 515 g/mol. The number of carbonyl (C=O) groups is 2. The van der Waals surface area contributed by atoms with E-state index in [9.17, 15) is 14.7 Å². The molecule has 5 rings (SSSR count). The van der Waals surface area contributed by atoms with Crippen LogP contribution in [0.3, 0.4) is 0 Å². The molecule has 9 nitrogen and oxygen atoms in total. The molecule has 0 atom stereocenters. The lowest BCUT2D eigenvalue weighted by atomic mass is 9.92. The van der Waals surface area contributed by atoms with Crippen molar-refractivity contribution >= 4 is 50.8 Å². The fourth-order valence-corrected chi connectivity index (χ4v) is 4.46. The molecule has 0 radical (unpaired) electrons. The Balaban J connectivity index is 1.57. The van der Waals surface area contributed by atoms with Crippen molar-refractivity contribution in [1.29, 1.82) is 5.26 Å². The number of allylic oxidation sites excluding steroid dienone is 2. The van der Waals surface area contributed by atoms with Crippen molar-refractivity contribution < 1.29 is 14.7 Å². The number of azo groups is 2. The Hall–Kier alpha value is -5.49. The Morgan fingerprint density at radius 3 is 2.00 bits per heavy atom. The topological polar surface area (TPSA) is 154 Å². The number of aromatic hydroxyl groups is 1. The van der Waals surface area contributed by atoms with Gasteiger partial charge in [0.2, 0.25) is 0 Å². The van der Waals surface area contributed by atoms with Gasteiger partial charge in [-0.2, -0.15) is 15.5 Å². The van der Waals surface area contributed by atoms with E-state index in [1.165, 1.54) is 18.2 Å². The van der Waals surface area contributed by atoms with Gasteiger partial charge in [-0.05, 0) is 104 Å². The van der Waals surface area contributed by atoms with Crippen molar-refractivity contribution in [2.24, 2.45) is 20.5 Å². The van der Waals surface area contributed by atoms with Crippen LogP contribution in [0.1, 0.15) is 43.0 Å². The minimum Gasteiger partial charge on any atom is -0.505 e. The SMILES string of the molecule is Cc1cc2c(cc1N=Nc1c(C)cc3cc(C)c(N=Nc4ccc(C#N)cc4)c(N)c3c1O)C(=O)C=CC2=O. The number of rotatable bonds is 4. The molecule has 39 heavy (non-hydrogen) atoms. The monoisotopic (exact) mass is 514 g/mol. The van der Waals surface area contributed by atoms with Gasteiger partial charge in [0.25, 0.3) is 0 Å². The molecule has 0 bridgehead atoms. The average Bonchev–Trinajstić information content (AvgIpc) is 2.91. The largest absolute Gasteiger partial charge is 0.505 e. The number of phenolic OH excluding ortho intramolecular Hbond substituents is 1. The molecular weight excluding hydrogens is 492 g/mol. The van der Waals surface area contributed by atoms with Crippen molar-refractivity contribution in [2.45, 2.75) is 20.8 Å². The Morgan fingerprint density at radius 1 is 0.769 bits per heavy atom. The highest BCUT2D eigenvalue weighted by molar-refractivity contribution is 6.22. The van der Waals surface area contributed by atoms with Crippen molar-refractivity contribution in [3.8, 4) is 11.8 Å². The lowest BCUT2D eigenvalue weighted by molar-refractivity contribution is 0.0994. The first kappa shape index (κ1) is 25.2. The molecule has 0 aromatic heterocycles. The Morgan fingerprint density at radius 2 is 1.36 bits per heavy atom. The fraction of sp³-hybridized carbons (Fsp3) is 0.100. The number of nitrogens with zero attached hydrogens (tertiary/aromatic N) is 5. The molecule has 0 amide bonds. The van der Waals surface area contributed by atoms with Gasteiger partial charge < -0.3 is 10.8 Å². The molecule has 0 spiro atoms. The Kier molecular flexibility index (Phi) is 6.30. The van der Waals surface area contributed by atoms with Crippen LogP contribution < -0.4 is 5.73 Å². The minimum atomic E-state index is -0.281. The molecular formula is C30H22N6O3. The molecule has 0 saturated carbocycles. The molecule has 0 heterocycles. The number of ketones is 2. The van der Waals surface area contributed by atoms with Gasteiger partial charge in [0.05, 0.1) is 34.1 Å². The highest BCUT2D eigenvalue weighted by Gasteiger charge is 2.21. The first-order valence-electron chi connectivity index (χ1n) is 12.0. The van der Waals surface area contributed by atoms with Crippen LogP contribution in [-0.2, 0) is 0 Å². The lowest BCUT2D eigenvalue weighted by Gasteiger charge is -2.13. The van der Waals surface area contributed by atoms with E-state index in [0.29, 0.717) is 50.1 Å². The van der Waals surface area contributed by atoms with Crippen LogP contribution in [0, 0.1) is 32.1 Å². The third kappa shape index (κ3) is 4.55. The molecule has 9 heteroatoms. The first-order chi connectivity index (χ1) is 18.7. The van der Waals surface area contributed by atoms with Crippen LogP contribution in [0.5, 0.6) is 5.75 Å². The molecule has 4 aromatic carbocycles. The Bertz CT molecular complexity index is 1840. The number of phenols is 1. The maximum absolute atomic E-state index is 12.3. The second kappa shape index (κ2) is 9.76. The Labute approximate surface area is 223 Å². The zero-order valence-corrected chi connectivity index (χ0v) is 21.4. The molecule has 0 fully saturated rings. The molecule has 1 aliphatic carbocycles. The van der Waals surface area contributed by atoms with Gasteiger partial charge >= 0.3 is 0 Å². The van der Waals surface area contributed by atoms with Crippen molar-refractivity contribution in [3.63, 3.8) is 0 Å². The van der Waals surface area contributed by atoms with Gasteiger partial charge in [0.15, 0.2) is 17.3 Å². The van der Waals surface area contributed by atoms with Gasteiger partial charge in [-0.25, -0.2) is 0 Å². The molecule has 0 aliphatic heterocycles. The molecule has 190 valence electrons. The molecule has 1 aliphatic rings. The van der Waals surface area contributed by atoms with E-state index in [2.05, 4.69) is 26.5 Å². The maximum Gasteiger partial charge on any atom is 0.186 e. The smallest absolute Gasteiger partial charge is 0.186 e. The number of fused-ring (bicyclic) bond motifs is 2. The van der Waals surface area contributed by atoms with Crippen molar-refractivity contribution in [3.05, 3.63) is 94.1 Å². The summed E-state index contributed by atoms with van der Waals surface area (Å²) in [5.74, 6) is -0.681. The number of hydrogen-bond donors (Lipinski definition) is 2. The van der Waals surface area contributed by atoms with Gasteiger partial charge in [0, 0.05) is 11.1 Å².